The topological polar surface area (TPSA) is 162 Å². The summed E-state index contributed by atoms with van der Waals surface area (Å²) >= 11 is 1.65. The molecule has 1 amide bonds. The van der Waals surface area contributed by atoms with Gasteiger partial charge in [-0.1, -0.05) is 13.0 Å². The van der Waals surface area contributed by atoms with Crippen molar-refractivity contribution >= 4 is 57.4 Å². The summed E-state index contributed by atoms with van der Waals surface area (Å²) in [4.78, 5) is 25.5. The molecule has 2 heterocycles. The number of carbonyl (C=O) groups is 2. The first kappa shape index (κ1) is 25.6. The van der Waals surface area contributed by atoms with Crippen molar-refractivity contribution in [3.05, 3.63) is 29.3 Å². The van der Waals surface area contributed by atoms with Gasteiger partial charge in [0.2, 0.25) is 15.1 Å². The predicted octanol–water partition coefficient (Wildman–Crippen LogP) is -0.666. The number of hydrogen-bond acceptors (Lipinski definition) is 13. The van der Waals surface area contributed by atoms with E-state index in [0.717, 1.165) is 24.1 Å². The number of aliphatic hydroxyl groups excluding tert-OH is 2. The average molecular weight is 635 g/mol. The molecular formula is C26H37B2NO11S2. The van der Waals surface area contributed by atoms with Gasteiger partial charge in [0.15, 0.2) is 17.3 Å². The summed E-state index contributed by atoms with van der Waals surface area (Å²) in [5, 5.41) is 23.3. The van der Waals surface area contributed by atoms with Gasteiger partial charge in [0.25, 0.3) is 0 Å². The molecule has 2 aliphatic heterocycles. The molecule has 0 bridgehead atoms. The summed E-state index contributed by atoms with van der Waals surface area (Å²) in [6.45, 7) is 4.46. The highest BCUT2D eigenvalue weighted by atomic mass is 32.2. The molecule has 4 rings (SSSR count). The van der Waals surface area contributed by atoms with Crippen molar-refractivity contribution in [2.45, 2.75) is 75.8 Å². The van der Waals surface area contributed by atoms with Gasteiger partial charge in [-0.2, -0.15) is 0 Å². The van der Waals surface area contributed by atoms with Crippen molar-refractivity contribution in [3.8, 4) is 11.5 Å². The molecule has 1 aromatic carbocycles. The predicted molar refractivity (Wildman–Crippen MR) is 161 cm³/mol. The lowest BCUT2D eigenvalue weighted by Crippen LogP contribution is -2.68. The van der Waals surface area contributed by atoms with Crippen LogP contribution in [0.5, 0.6) is 11.5 Å². The van der Waals surface area contributed by atoms with E-state index in [1.165, 1.54) is 32.1 Å². The van der Waals surface area contributed by atoms with Crippen molar-refractivity contribution in [2.24, 2.45) is 5.92 Å². The fourth-order valence-electron chi connectivity index (χ4n) is 5.12. The Morgan fingerprint density at radius 2 is 1.90 bits per heavy atom. The number of fused-ring (bicyclic) bond motifs is 1. The number of phenolic OH excluding ortho intramolecular Hbond substituents is 1. The number of ether oxygens (including phenoxy) is 4. The molecule has 4 N–H and O–H groups in total. The van der Waals surface area contributed by atoms with Crippen LogP contribution >= 0.6 is 24.1 Å². The van der Waals surface area contributed by atoms with E-state index >= 15 is 0 Å². The largest absolute Gasteiger partial charge is 0.504 e. The Bertz CT molecular complexity index is 1300. The summed E-state index contributed by atoms with van der Waals surface area (Å²) in [6, 6.07) is 3.36. The van der Waals surface area contributed by atoms with Gasteiger partial charge in [-0.15, -0.1) is 0 Å². The Morgan fingerprint density at radius 1 is 1.19 bits per heavy atom. The lowest BCUT2D eigenvalue weighted by molar-refractivity contribution is -0.141. The number of aromatic hydroxyl groups is 1. The Morgan fingerprint density at radius 3 is 2.57 bits per heavy atom. The number of ketones is 1. The van der Waals surface area contributed by atoms with Gasteiger partial charge in [-0.05, 0) is 78.4 Å². The minimum Gasteiger partial charge on any atom is -0.504 e. The molecule has 2 saturated heterocycles. The number of amides is 1. The highest BCUT2D eigenvalue weighted by molar-refractivity contribution is 7.95. The molecule has 3 aliphatic rings. The molecule has 16 heteroatoms. The van der Waals surface area contributed by atoms with Crippen LogP contribution in [0.1, 0.15) is 26.3 Å². The molecule has 0 radical (unpaired) electrons. The van der Waals surface area contributed by atoms with E-state index in [1.807, 2.05) is 0 Å². The first-order valence-corrected chi connectivity index (χ1v) is 15.1. The van der Waals surface area contributed by atoms with Crippen LogP contribution in [0.2, 0.25) is 0 Å². The zero-order valence-electron chi connectivity index (χ0n) is 29.2. The van der Waals surface area contributed by atoms with E-state index in [1.54, 1.807) is 13.0 Å². The van der Waals surface area contributed by atoms with Gasteiger partial charge < -0.3 is 48.0 Å². The SMILES string of the molecule is [2H]B([3H])CSO[C@@H]1[C@H](NC(=O)/C(C)=C/c2ccc(O[C@@H]3OC(C(C)=O)C(C)[C@@H]3O[3H])c(O)c2)[C@H](OSCB([2H])[3H])[C@@H](O[3H])[C@H]2OCO[C@H]21. The molecule has 1 aliphatic carbocycles. The van der Waals surface area contributed by atoms with Crippen LogP contribution in [0.3, 0.4) is 0 Å². The molecule has 0 aromatic heterocycles. The van der Waals surface area contributed by atoms with Gasteiger partial charge in [-0.25, -0.2) is 0 Å². The molecule has 10 atom stereocenters. The van der Waals surface area contributed by atoms with Gasteiger partial charge in [0.05, 0.1) is 6.04 Å². The maximum atomic E-state index is 13.6. The van der Waals surface area contributed by atoms with Crippen molar-refractivity contribution in [3.63, 3.8) is 0 Å². The van der Waals surface area contributed by atoms with E-state index in [2.05, 4.69) is 5.32 Å². The summed E-state index contributed by atoms with van der Waals surface area (Å²) in [5.41, 5.74) is 0.585. The number of benzene rings is 1. The zero-order valence-corrected chi connectivity index (χ0v) is 24.8. The second kappa shape index (κ2) is 14.8. The Labute approximate surface area is 263 Å². The summed E-state index contributed by atoms with van der Waals surface area (Å²) < 4.78 is 79.7. The standard InChI is InChI=1S/C26H37B2NO11S2/c1-11(6-14-4-5-16(15(31)7-14)37-26-18(32)12(2)20(38-26)13(3)30)25(34)29-17-21(39-41-8-27)19(33)23-24(36-10-35-23)22(17)40-42-9-28/h4-7,12,17-24,26,31-33H,8-10,27-28H2,1-3H3,(H,29,34)/b11-6+/t12?,17-,18+,19-,20?,21+,22-,23-,24+,26-/m1/s1/i27TD,28TD,32T,33T. The average Bonchev–Trinajstić information content (AvgIpc) is 3.63. The van der Waals surface area contributed by atoms with E-state index in [4.69, 9.17) is 45.7 Å². The monoisotopic (exact) mass is 635 g/mol. The van der Waals surface area contributed by atoms with E-state index in [9.17, 15) is 14.7 Å². The third-order valence-electron chi connectivity index (χ3n) is 7.23. The van der Waals surface area contributed by atoms with Crippen molar-refractivity contribution in [2.75, 3.05) is 18.1 Å². The van der Waals surface area contributed by atoms with Crippen molar-refractivity contribution < 1.29 is 52.2 Å². The summed E-state index contributed by atoms with van der Waals surface area (Å²) in [7, 11) is -2.38. The highest BCUT2D eigenvalue weighted by Crippen LogP contribution is 2.37. The summed E-state index contributed by atoms with van der Waals surface area (Å²) in [6.07, 6.45) is -5.98. The lowest BCUT2D eigenvalue weighted by atomic mass is 9.83. The maximum Gasteiger partial charge on any atom is 0.247 e. The molecule has 230 valence electrons. The minimum atomic E-state index is -1.20. The van der Waals surface area contributed by atoms with E-state index in [0.29, 0.717) is 5.56 Å². The van der Waals surface area contributed by atoms with Crippen LogP contribution in [-0.4, -0.2) is 124 Å². The number of phenols is 1. The van der Waals surface area contributed by atoms with E-state index < -0.39 is 82.4 Å². The van der Waals surface area contributed by atoms with Crippen LogP contribution in [0.25, 0.3) is 6.08 Å². The molecule has 2 unspecified atom stereocenters. The number of aliphatic hydroxyl groups is 2. The quantitative estimate of drug-likeness (QED) is 0.103. The van der Waals surface area contributed by atoms with Crippen LogP contribution < -0.4 is 10.1 Å². The van der Waals surface area contributed by atoms with Crippen LogP contribution in [0.4, 0.5) is 0 Å². The van der Waals surface area contributed by atoms with Crippen LogP contribution in [-0.2, 0) is 32.2 Å². The zero-order chi connectivity index (χ0) is 35.1. The minimum absolute atomic E-state index is 0.00441. The molecule has 42 heavy (non-hydrogen) atoms. The van der Waals surface area contributed by atoms with Gasteiger partial charge in [0.1, 0.15) is 65.1 Å². The summed E-state index contributed by atoms with van der Waals surface area (Å²) in [5.74, 6) is -1.56. The van der Waals surface area contributed by atoms with Crippen LogP contribution in [0.15, 0.2) is 23.8 Å². The van der Waals surface area contributed by atoms with Crippen LogP contribution in [0, 0.1) is 5.92 Å². The fourth-order valence-corrected chi connectivity index (χ4v) is 6.05. The first-order valence-electron chi connectivity index (χ1n) is 16.4. The second-order valence-corrected chi connectivity index (χ2v) is 11.6. The first-order chi connectivity index (χ1) is 22.9. The Hall–Kier alpha value is -1.75. The van der Waals surface area contributed by atoms with Gasteiger partial charge >= 0.3 is 0 Å². The second-order valence-electron chi connectivity index (χ2n) is 10.1. The molecule has 0 spiro atoms. The number of hydrogen-bond donors (Lipinski definition) is 4. The third kappa shape index (κ3) is 7.30. The number of carbonyl (C=O) groups excluding carboxylic acids is 2. The normalized spacial score (nSPS) is 36.4. The molecule has 12 nitrogen and oxygen atoms in total. The third-order valence-corrected chi connectivity index (χ3v) is 8.22. The maximum absolute atomic E-state index is 13.6. The fraction of sp³-hybridized carbons (Fsp3) is 0.615. The lowest BCUT2D eigenvalue weighted by Gasteiger charge is -2.44. The van der Waals surface area contributed by atoms with Crippen molar-refractivity contribution in [1.82, 2.24) is 5.32 Å². The number of Topliss-reactive ketones (excluding diaryl/α,β-unsaturated/α-hetero) is 1. The molecule has 3 fully saturated rings. The Balaban J connectivity index is 1.53. The Kier molecular flexibility index (Phi) is 9.02. The molecular weight excluding hydrogens is 588 g/mol. The molecule has 1 saturated carbocycles. The smallest absolute Gasteiger partial charge is 0.247 e. The van der Waals surface area contributed by atoms with Gasteiger partial charge in [-0.3, -0.25) is 9.59 Å². The number of rotatable bonds is 16. The van der Waals surface area contributed by atoms with E-state index in [-0.39, 0.29) is 41.0 Å². The highest BCUT2D eigenvalue weighted by Gasteiger charge is 2.56. The van der Waals surface area contributed by atoms with Gasteiger partial charge in [0, 0.05) is 11.5 Å². The number of nitrogens with one attached hydrogen (secondary N) is 1. The molecule has 1 aromatic rings. The van der Waals surface area contributed by atoms with Crippen molar-refractivity contribution in [1.29, 1.82) is 8.21 Å².